The molecule has 0 radical (unpaired) electrons. The van der Waals surface area contributed by atoms with Crippen LogP contribution in [0.2, 0.25) is 10.0 Å². The molecule has 2 aromatic carbocycles. The minimum absolute atomic E-state index is 0.120. The number of anilines is 1. The summed E-state index contributed by atoms with van der Waals surface area (Å²) in [6, 6.07) is 9.63. The molecular formula is C15H13Cl2NO3. The molecule has 0 aliphatic heterocycles. The summed E-state index contributed by atoms with van der Waals surface area (Å²) in [5.74, 6) is 0.140. The zero-order valence-electron chi connectivity index (χ0n) is 11.2. The fourth-order valence-corrected chi connectivity index (χ4v) is 2.08. The Kier molecular flexibility index (Phi) is 4.94. The largest absolute Gasteiger partial charge is 0.508 e. The van der Waals surface area contributed by atoms with Gasteiger partial charge in [0.2, 0.25) is 0 Å². The third-order valence-corrected chi connectivity index (χ3v) is 3.28. The molecule has 0 saturated heterocycles. The molecule has 0 bridgehead atoms. The molecule has 0 unspecified atom stereocenters. The Balaban J connectivity index is 1.94. The number of hydrogen-bond donors (Lipinski definition) is 2. The molecule has 0 heterocycles. The topological polar surface area (TPSA) is 58.6 Å². The van der Waals surface area contributed by atoms with E-state index in [-0.39, 0.29) is 18.3 Å². The summed E-state index contributed by atoms with van der Waals surface area (Å²) in [6.45, 7) is 1.57. The van der Waals surface area contributed by atoms with Crippen molar-refractivity contribution in [3.05, 3.63) is 52.0 Å². The molecule has 0 aromatic heterocycles. The maximum Gasteiger partial charge on any atom is 0.262 e. The fourth-order valence-electron chi connectivity index (χ4n) is 1.62. The van der Waals surface area contributed by atoms with E-state index >= 15 is 0 Å². The lowest BCUT2D eigenvalue weighted by Gasteiger charge is -2.09. The smallest absolute Gasteiger partial charge is 0.262 e. The average molecular weight is 326 g/mol. The van der Waals surface area contributed by atoms with E-state index in [4.69, 9.17) is 27.9 Å². The van der Waals surface area contributed by atoms with E-state index < -0.39 is 0 Å². The second kappa shape index (κ2) is 6.70. The number of benzene rings is 2. The number of ether oxygens (including phenoxy) is 1. The van der Waals surface area contributed by atoms with Gasteiger partial charge in [-0.3, -0.25) is 4.79 Å². The van der Waals surface area contributed by atoms with Crippen LogP contribution in [0, 0.1) is 6.92 Å². The molecule has 2 N–H and O–H groups in total. The second-order valence-corrected chi connectivity index (χ2v) is 5.26. The zero-order valence-corrected chi connectivity index (χ0v) is 12.7. The van der Waals surface area contributed by atoms with Crippen molar-refractivity contribution in [2.75, 3.05) is 11.9 Å². The molecule has 110 valence electrons. The number of rotatable bonds is 4. The van der Waals surface area contributed by atoms with Crippen molar-refractivity contribution in [3.63, 3.8) is 0 Å². The minimum Gasteiger partial charge on any atom is -0.508 e. The summed E-state index contributed by atoms with van der Waals surface area (Å²) in [5.41, 5.74) is 1.23. The molecule has 4 nitrogen and oxygen atoms in total. The number of halogens is 2. The van der Waals surface area contributed by atoms with Crippen molar-refractivity contribution in [2.24, 2.45) is 0 Å². The van der Waals surface area contributed by atoms with Gasteiger partial charge in [-0.25, -0.2) is 0 Å². The molecule has 0 aliphatic rings. The molecule has 0 saturated carbocycles. The summed E-state index contributed by atoms with van der Waals surface area (Å²) in [5, 5.41) is 13.0. The summed E-state index contributed by atoms with van der Waals surface area (Å²) in [7, 11) is 0. The quantitative estimate of drug-likeness (QED) is 0.892. The van der Waals surface area contributed by atoms with Crippen molar-refractivity contribution in [3.8, 4) is 11.5 Å². The van der Waals surface area contributed by atoms with Gasteiger partial charge in [0, 0.05) is 16.8 Å². The van der Waals surface area contributed by atoms with Crippen LogP contribution in [0.1, 0.15) is 5.56 Å². The molecule has 6 heteroatoms. The predicted octanol–water partition coefficient (Wildman–Crippen LogP) is 4.02. The molecule has 2 aromatic rings. The number of phenols is 1. The molecular weight excluding hydrogens is 313 g/mol. The highest BCUT2D eigenvalue weighted by Gasteiger charge is 2.08. The Hall–Kier alpha value is -1.91. The first kappa shape index (κ1) is 15.5. The molecule has 1 amide bonds. The van der Waals surface area contributed by atoms with E-state index in [1.54, 1.807) is 31.2 Å². The lowest BCUT2D eigenvalue weighted by atomic mass is 10.2. The van der Waals surface area contributed by atoms with Crippen LogP contribution in [0.15, 0.2) is 36.4 Å². The number of hydrogen-bond acceptors (Lipinski definition) is 3. The van der Waals surface area contributed by atoms with Gasteiger partial charge in [0.1, 0.15) is 11.5 Å². The highest BCUT2D eigenvalue weighted by Crippen LogP contribution is 2.27. The van der Waals surface area contributed by atoms with Crippen molar-refractivity contribution in [1.29, 1.82) is 0 Å². The predicted molar refractivity (Wildman–Crippen MR) is 83.4 cm³/mol. The van der Waals surface area contributed by atoms with Gasteiger partial charge in [-0.15, -0.1) is 0 Å². The first-order valence-electron chi connectivity index (χ1n) is 6.13. The number of amides is 1. The van der Waals surface area contributed by atoms with Crippen molar-refractivity contribution >= 4 is 34.8 Å². The van der Waals surface area contributed by atoms with Crippen LogP contribution in [-0.2, 0) is 4.79 Å². The average Bonchev–Trinajstić information content (AvgIpc) is 2.42. The fraction of sp³-hybridized carbons (Fsp3) is 0.133. The van der Waals surface area contributed by atoms with Crippen LogP contribution < -0.4 is 10.1 Å². The van der Waals surface area contributed by atoms with Gasteiger partial charge in [0.25, 0.3) is 5.91 Å². The SMILES string of the molecule is Cc1ccc(NC(=O)COc2ccc(Cl)cc2Cl)cc1O. The van der Waals surface area contributed by atoms with E-state index in [2.05, 4.69) is 5.32 Å². The van der Waals surface area contributed by atoms with E-state index in [1.165, 1.54) is 12.1 Å². The number of carbonyl (C=O) groups is 1. The maximum absolute atomic E-state index is 11.8. The van der Waals surface area contributed by atoms with Crippen LogP contribution in [0.25, 0.3) is 0 Å². The van der Waals surface area contributed by atoms with Crippen LogP contribution in [0.3, 0.4) is 0 Å². The van der Waals surface area contributed by atoms with Gasteiger partial charge >= 0.3 is 0 Å². The molecule has 0 fully saturated rings. The number of aromatic hydroxyl groups is 1. The van der Waals surface area contributed by atoms with E-state index in [0.717, 1.165) is 5.56 Å². The number of nitrogens with one attached hydrogen (secondary N) is 1. The molecule has 21 heavy (non-hydrogen) atoms. The summed E-state index contributed by atoms with van der Waals surface area (Å²) in [6.07, 6.45) is 0. The lowest BCUT2D eigenvalue weighted by Crippen LogP contribution is -2.20. The number of carbonyl (C=O) groups excluding carboxylic acids is 1. The normalized spacial score (nSPS) is 10.2. The Labute approximate surface area is 132 Å². The Morgan fingerprint density at radius 3 is 2.67 bits per heavy atom. The van der Waals surface area contributed by atoms with Crippen molar-refractivity contribution in [1.82, 2.24) is 0 Å². The van der Waals surface area contributed by atoms with E-state index in [1.807, 2.05) is 0 Å². The minimum atomic E-state index is -0.357. The van der Waals surface area contributed by atoms with Crippen LogP contribution in [0.4, 0.5) is 5.69 Å². The number of aryl methyl sites for hydroxylation is 1. The van der Waals surface area contributed by atoms with Gasteiger partial charge in [-0.05, 0) is 36.8 Å². The second-order valence-electron chi connectivity index (χ2n) is 4.41. The third-order valence-electron chi connectivity index (χ3n) is 2.75. The van der Waals surface area contributed by atoms with Gasteiger partial charge in [-0.1, -0.05) is 29.3 Å². The molecule has 0 aliphatic carbocycles. The molecule has 0 spiro atoms. The van der Waals surface area contributed by atoms with Gasteiger partial charge in [0.15, 0.2) is 6.61 Å². The van der Waals surface area contributed by atoms with Crippen LogP contribution >= 0.6 is 23.2 Å². The number of phenolic OH excluding ortho intramolecular Hbond substituents is 1. The standard InChI is InChI=1S/C15H13Cl2NO3/c1-9-2-4-11(7-13(9)19)18-15(20)8-21-14-5-3-10(16)6-12(14)17/h2-7,19H,8H2,1H3,(H,18,20). The van der Waals surface area contributed by atoms with E-state index in [9.17, 15) is 9.90 Å². The third kappa shape index (κ3) is 4.28. The summed E-state index contributed by atoms with van der Waals surface area (Å²) < 4.78 is 5.31. The lowest BCUT2D eigenvalue weighted by molar-refractivity contribution is -0.118. The van der Waals surface area contributed by atoms with Crippen molar-refractivity contribution in [2.45, 2.75) is 6.92 Å². The first-order valence-corrected chi connectivity index (χ1v) is 6.88. The molecule has 0 atom stereocenters. The zero-order chi connectivity index (χ0) is 15.4. The Morgan fingerprint density at radius 2 is 2.00 bits per heavy atom. The van der Waals surface area contributed by atoms with Crippen LogP contribution in [0.5, 0.6) is 11.5 Å². The van der Waals surface area contributed by atoms with Crippen LogP contribution in [-0.4, -0.2) is 17.6 Å². The summed E-state index contributed by atoms with van der Waals surface area (Å²) in [4.78, 5) is 11.8. The van der Waals surface area contributed by atoms with Gasteiger partial charge in [-0.2, -0.15) is 0 Å². The highest BCUT2D eigenvalue weighted by molar-refractivity contribution is 6.35. The van der Waals surface area contributed by atoms with Gasteiger partial charge in [0.05, 0.1) is 5.02 Å². The highest BCUT2D eigenvalue weighted by atomic mass is 35.5. The van der Waals surface area contributed by atoms with E-state index in [0.29, 0.717) is 21.5 Å². The monoisotopic (exact) mass is 325 g/mol. The maximum atomic E-state index is 11.8. The first-order chi connectivity index (χ1) is 9.95. The van der Waals surface area contributed by atoms with Gasteiger partial charge < -0.3 is 15.2 Å². The Morgan fingerprint density at radius 1 is 1.24 bits per heavy atom. The summed E-state index contributed by atoms with van der Waals surface area (Å²) >= 11 is 11.7. The molecule has 2 rings (SSSR count). The van der Waals surface area contributed by atoms with Crippen molar-refractivity contribution < 1.29 is 14.6 Å². The Bertz CT molecular complexity index is 674.